The predicted molar refractivity (Wildman–Crippen MR) is 60.3 cm³/mol. The van der Waals surface area contributed by atoms with E-state index < -0.39 is 23.5 Å². The Labute approximate surface area is 100 Å². The molecule has 1 saturated carbocycles. The first-order valence-electron chi connectivity index (χ1n) is 6.16. The molecule has 1 aliphatic heterocycles. The Morgan fingerprint density at radius 1 is 1.29 bits per heavy atom. The molecule has 0 spiro atoms. The van der Waals surface area contributed by atoms with E-state index in [1.165, 1.54) is 4.90 Å². The molecule has 0 aromatic carbocycles. The van der Waals surface area contributed by atoms with Crippen molar-refractivity contribution in [3.8, 4) is 0 Å². The number of hydrogen-bond acceptors (Lipinski definition) is 3. The smallest absolute Gasteiger partial charge is 0.326 e. The highest BCUT2D eigenvalue weighted by Gasteiger charge is 2.46. The van der Waals surface area contributed by atoms with E-state index in [-0.39, 0.29) is 18.9 Å². The number of β-amino-alcohol motifs (C(OH)–C–C–N with tert-alkyl or cyclic N) is 1. The lowest BCUT2D eigenvalue weighted by molar-refractivity contribution is -0.152. The molecule has 0 aromatic heterocycles. The molecule has 2 rings (SSSR count). The van der Waals surface area contributed by atoms with Crippen LogP contribution in [-0.2, 0) is 9.59 Å². The van der Waals surface area contributed by atoms with Gasteiger partial charge < -0.3 is 15.1 Å². The van der Waals surface area contributed by atoms with Gasteiger partial charge in [0.25, 0.3) is 0 Å². The third-order valence-electron chi connectivity index (χ3n) is 4.05. The van der Waals surface area contributed by atoms with Gasteiger partial charge in [0, 0.05) is 18.4 Å². The van der Waals surface area contributed by atoms with Crippen LogP contribution in [-0.4, -0.2) is 45.7 Å². The molecule has 1 amide bonds. The summed E-state index contributed by atoms with van der Waals surface area (Å²) < 4.78 is 0. The Kier molecular flexibility index (Phi) is 3.12. The monoisotopic (exact) mass is 241 g/mol. The number of aliphatic hydroxyl groups is 1. The van der Waals surface area contributed by atoms with Crippen molar-refractivity contribution in [2.75, 3.05) is 6.54 Å². The second-order valence-corrected chi connectivity index (χ2v) is 5.47. The van der Waals surface area contributed by atoms with Crippen LogP contribution in [0.1, 0.15) is 39.0 Å². The quantitative estimate of drug-likeness (QED) is 0.742. The van der Waals surface area contributed by atoms with Crippen LogP contribution in [0.3, 0.4) is 0 Å². The lowest BCUT2D eigenvalue weighted by Crippen LogP contribution is -2.46. The van der Waals surface area contributed by atoms with Crippen molar-refractivity contribution < 1.29 is 19.8 Å². The Morgan fingerprint density at radius 2 is 1.88 bits per heavy atom. The van der Waals surface area contributed by atoms with Crippen molar-refractivity contribution in [3.63, 3.8) is 0 Å². The van der Waals surface area contributed by atoms with E-state index in [9.17, 15) is 14.7 Å². The second kappa shape index (κ2) is 4.29. The minimum Gasteiger partial charge on any atom is -0.480 e. The Morgan fingerprint density at radius 3 is 2.41 bits per heavy atom. The molecule has 1 heterocycles. The van der Waals surface area contributed by atoms with Crippen molar-refractivity contribution in [2.24, 2.45) is 5.41 Å². The van der Waals surface area contributed by atoms with E-state index in [1.54, 1.807) is 0 Å². The number of nitrogens with zero attached hydrogens (tertiary/aromatic N) is 1. The van der Waals surface area contributed by atoms with E-state index in [1.807, 2.05) is 6.92 Å². The van der Waals surface area contributed by atoms with Crippen LogP contribution in [0, 0.1) is 5.41 Å². The molecule has 1 saturated heterocycles. The SMILES string of the molecule is CC1(C(=O)N2CC(O)C[C@H]2C(=O)O)CCCC1. The van der Waals surface area contributed by atoms with E-state index >= 15 is 0 Å². The van der Waals surface area contributed by atoms with Gasteiger partial charge in [0.05, 0.1) is 6.10 Å². The number of likely N-dealkylation sites (tertiary alicyclic amines) is 1. The third-order valence-corrected chi connectivity index (χ3v) is 4.05. The van der Waals surface area contributed by atoms with Gasteiger partial charge in [-0.05, 0) is 12.8 Å². The van der Waals surface area contributed by atoms with E-state index in [0.29, 0.717) is 0 Å². The van der Waals surface area contributed by atoms with Crippen LogP contribution in [0.5, 0.6) is 0 Å². The number of aliphatic carboxylic acids is 1. The minimum absolute atomic E-state index is 0.0982. The summed E-state index contributed by atoms with van der Waals surface area (Å²) in [7, 11) is 0. The number of carboxylic acids is 1. The Balaban J connectivity index is 2.15. The van der Waals surface area contributed by atoms with Crippen molar-refractivity contribution in [3.05, 3.63) is 0 Å². The van der Waals surface area contributed by atoms with Gasteiger partial charge in [0.15, 0.2) is 0 Å². The van der Waals surface area contributed by atoms with Crippen molar-refractivity contribution >= 4 is 11.9 Å². The fourth-order valence-electron chi connectivity index (χ4n) is 2.99. The minimum atomic E-state index is -1.02. The molecule has 2 fully saturated rings. The summed E-state index contributed by atoms with van der Waals surface area (Å²) in [6, 6.07) is -0.852. The lowest BCUT2D eigenvalue weighted by atomic mass is 9.87. The van der Waals surface area contributed by atoms with Gasteiger partial charge in [-0.3, -0.25) is 4.79 Å². The average Bonchev–Trinajstić information content (AvgIpc) is 2.84. The standard InChI is InChI=1S/C12H19NO4/c1-12(4-2-3-5-12)11(17)13-7-8(14)6-9(13)10(15)16/h8-9,14H,2-7H2,1H3,(H,15,16)/t8?,9-/m0/s1. The summed E-state index contributed by atoms with van der Waals surface area (Å²) >= 11 is 0. The molecule has 1 unspecified atom stereocenters. The maximum atomic E-state index is 12.4. The van der Waals surface area contributed by atoms with Crippen molar-refractivity contribution in [1.29, 1.82) is 0 Å². The number of carboxylic acid groups (broad SMARTS) is 1. The summed E-state index contributed by atoms with van der Waals surface area (Å²) in [5, 5.41) is 18.6. The molecule has 1 aliphatic carbocycles. The maximum absolute atomic E-state index is 12.4. The number of carbonyl (C=O) groups excluding carboxylic acids is 1. The molecule has 17 heavy (non-hydrogen) atoms. The highest BCUT2D eigenvalue weighted by molar-refractivity contribution is 5.88. The first-order valence-corrected chi connectivity index (χ1v) is 6.16. The molecular weight excluding hydrogens is 222 g/mol. The largest absolute Gasteiger partial charge is 0.480 e. The molecule has 5 nitrogen and oxygen atoms in total. The first kappa shape index (κ1) is 12.4. The number of aliphatic hydroxyl groups excluding tert-OH is 1. The van der Waals surface area contributed by atoms with Crippen LogP contribution >= 0.6 is 0 Å². The topological polar surface area (TPSA) is 77.8 Å². The normalized spacial score (nSPS) is 31.8. The summed E-state index contributed by atoms with van der Waals surface area (Å²) in [5.41, 5.74) is -0.419. The summed E-state index contributed by atoms with van der Waals surface area (Å²) in [5.74, 6) is -1.12. The van der Waals surface area contributed by atoms with Crippen molar-refractivity contribution in [2.45, 2.75) is 51.2 Å². The fourth-order valence-corrected chi connectivity index (χ4v) is 2.99. The van der Waals surface area contributed by atoms with Gasteiger partial charge in [0.1, 0.15) is 6.04 Å². The Hall–Kier alpha value is -1.10. The third kappa shape index (κ3) is 2.16. The zero-order valence-corrected chi connectivity index (χ0v) is 10.1. The van der Waals surface area contributed by atoms with Gasteiger partial charge in [-0.15, -0.1) is 0 Å². The van der Waals surface area contributed by atoms with Crippen LogP contribution in [0.4, 0.5) is 0 Å². The fraction of sp³-hybridized carbons (Fsp3) is 0.833. The molecule has 5 heteroatoms. The van der Waals surface area contributed by atoms with Gasteiger partial charge in [0.2, 0.25) is 5.91 Å². The van der Waals surface area contributed by atoms with Crippen LogP contribution in [0.25, 0.3) is 0 Å². The van der Waals surface area contributed by atoms with Gasteiger partial charge >= 0.3 is 5.97 Å². The van der Waals surface area contributed by atoms with Crippen molar-refractivity contribution in [1.82, 2.24) is 4.90 Å². The summed E-state index contributed by atoms with van der Waals surface area (Å²) in [6.07, 6.45) is 3.14. The van der Waals surface area contributed by atoms with Gasteiger partial charge in [-0.25, -0.2) is 4.79 Å². The van der Waals surface area contributed by atoms with Crippen LogP contribution in [0.2, 0.25) is 0 Å². The van der Waals surface area contributed by atoms with Crippen LogP contribution < -0.4 is 0 Å². The highest BCUT2D eigenvalue weighted by Crippen LogP contribution is 2.40. The molecule has 2 aliphatic rings. The predicted octanol–water partition coefficient (Wildman–Crippen LogP) is 0.613. The molecule has 0 radical (unpaired) electrons. The highest BCUT2D eigenvalue weighted by atomic mass is 16.4. The molecule has 96 valence electrons. The summed E-state index contributed by atoms with van der Waals surface area (Å²) in [6.45, 7) is 2.07. The number of hydrogen-bond donors (Lipinski definition) is 2. The zero-order valence-electron chi connectivity index (χ0n) is 10.1. The number of rotatable bonds is 2. The van der Waals surface area contributed by atoms with E-state index in [2.05, 4.69) is 0 Å². The molecular formula is C12H19NO4. The number of carbonyl (C=O) groups is 2. The van der Waals surface area contributed by atoms with Gasteiger partial charge in [-0.2, -0.15) is 0 Å². The molecule has 2 N–H and O–H groups in total. The Bertz CT molecular complexity index is 335. The average molecular weight is 241 g/mol. The summed E-state index contributed by atoms with van der Waals surface area (Å²) in [4.78, 5) is 24.8. The van der Waals surface area contributed by atoms with Gasteiger partial charge in [-0.1, -0.05) is 19.8 Å². The number of amides is 1. The molecule has 0 aromatic rings. The molecule has 0 bridgehead atoms. The zero-order chi connectivity index (χ0) is 12.6. The van der Waals surface area contributed by atoms with E-state index in [0.717, 1.165) is 25.7 Å². The lowest BCUT2D eigenvalue weighted by Gasteiger charge is -2.31. The van der Waals surface area contributed by atoms with E-state index in [4.69, 9.17) is 5.11 Å². The molecule has 2 atom stereocenters. The van der Waals surface area contributed by atoms with Crippen LogP contribution in [0.15, 0.2) is 0 Å². The second-order valence-electron chi connectivity index (χ2n) is 5.47. The first-order chi connectivity index (χ1) is 7.94. The maximum Gasteiger partial charge on any atom is 0.326 e.